The van der Waals surface area contributed by atoms with E-state index in [1.165, 1.54) is 67.6 Å². The molecule has 9 rings (SSSR count). The number of carbonyl (C=O) groups excluding carboxylic acids is 6. The number of nitro groups is 1. The molecule has 2 saturated heterocycles. The number of nitrogens with one attached hydrogen (secondary N) is 3. The van der Waals surface area contributed by atoms with Crippen LogP contribution in [0.3, 0.4) is 0 Å². The molecule has 2 saturated carbocycles. The molecule has 4 fully saturated rings. The molecule has 0 bridgehead atoms. The number of fused-ring (bicyclic) bond motifs is 2. The van der Waals surface area contributed by atoms with Crippen molar-refractivity contribution >= 4 is 76.0 Å². The lowest BCUT2D eigenvalue weighted by molar-refractivity contribution is -0.384. The predicted octanol–water partition coefficient (Wildman–Crippen LogP) is 8.34. The number of nitrogens with zero attached hydrogens (tertiary/aromatic N) is 8. The molecule has 4 heterocycles. The fourth-order valence-corrected chi connectivity index (χ4v) is 10.4. The number of non-ortho nitro benzene ring substituents is 1. The Kier molecular flexibility index (Phi) is 18.9. The summed E-state index contributed by atoms with van der Waals surface area (Å²) in [4.78, 5) is 86.7. The van der Waals surface area contributed by atoms with E-state index in [1.807, 2.05) is 63.2 Å². The van der Waals surface area contributed by atoms with Gasteiger partial charge in [-0.15, -0.1) is 0 Å². The van der Waals surface area contributed by atoms with Crippen LogP contribution in [0.4, 0.5) is 26.7 Å². The molecule has 2 aliphatic carbocycles. The third-order valence-electron chi connectivity index (χ3n) is 13.4. The Morgan fingerprint density at radius 1 is 0.685 bits per heavy atom. The lowest BCUT2D eigenvalue weighted by atomic mass is 10.0. The van der Waals surface area contributed by atoms with Crippen LogP contribution in [0.25, 0.3) is 0 Å². The topological polar surface area (TPSA) is 236 Å². The first-order valence-corrected chi connectivity index (χ1v) is 24.3. The maximum absolute atomic E-state index is 12.8. The molecular formula is C51H61Cl2N11O9. The van der Waals surface area contributed by atoms with Gasteiger partial charge in [-0.25, -0.2) is 9.59 Å². The van der Waals surface area contributed by atoms with Gasteiger partial charge in [0.05, 0.1) is 41.1 Å². The molecule has 0 spiro atoms. The maximum Gasteiger partial charge on any atom is 0.440 e. The highest BCUT2D eigenvalue weighted by Crippen LogP contribution is 2.41. The van der Waals surface area contributed by atoms with Gasteiger partial charge in [0.2, 0.25) is 23.6 Å². The van der Waals surface area contributed by atoms with Crippen molar-refractivity contribution in [3.05, 3.63) is 129 Å². The van der Waals surface area contributed by atoms with Gasteiger partial charge in [-0.2, -0.15) is 19.6 Å². The summed E-state index contributed by atoms with van der Waals surface area (Å²) < 4.78 is 7.14. The standard InChI is InChI=1S/C22H26ClN5O3.C16H21ClN2O.C12H10N4O5.CH4/c1-14(29)25-19-9-24-28(13-19)22(31)26-10-17-7-20(8-18(17)11-26)27(15(2)30)12-16-5-3-4-6-21(16)23;1-11(20)19(10-12-4-2-3-5-16(12)17)15-6-13-8-18-9-14(13)7-15;1-8(17)14-9-6-13-15(7-9)12(18)21-11-4-2-10(3-5-11)16(19)20;/h3-6,9,13,17-18,20H,7-8,10-12H2,1-2H3,(H,25,29);2-5,13-15,18H,6-10H2,1H3;2-7H,1H3,(H,14,17);1H4/t17-,18+,20?;13-,14+,15?;;. The number of aromatic nitrogens is 4. The zero-order valence-electron chi connectivity index (χ0n) is 40.3. The maximum atomic E-state index is 12.8. The first kappa shape index (κ1) is 55.2. The Hall–Kier alpha value is -7.16. The van der Waals surface area contributed by atoms with Gasteiger partial charge in [0.1, 0.15) is 5.75 Å². The first-order chi connectivity index (χ1) is 34.4. The van der Waals surface area contributed by atoms with Crippen LogP contribution < -0.4 is 20.7 Å². The molecular weight excluding hydrogens is 982 g/mol. The number of benzene rings is 3. The minimum absolute atomic E-state index is 0. The summed E-state index contributed by atoms with van der Waals surface area (Å²) in [5.74, 6) is 2.03. The number of anilines is 2. The molecule has 4 aliphatic rings. The van der Waals surface area contributed by atoms with Gasteiger partial charge in [0, 0.05) is 88.1 Å². The number of amides is 5. The number of hydrogen-bond donors (Lipinski definition) is 3. The molecule has 73 heavy (non-hydrogen) atoms. The van der Waals surface area contributed by atoms with E-state index in [9.17, 15) is 38.9 Å². The largest absolute Gasteiger partial charge is 0.440 e. The molecule has 388 valence electrons. The normalized spacial score (nSPS) is 20.1. The van der Waals surface area contributed by atoms with Crippen molar-refractivity contribution in [3.63, 3.8) is 0 Å². The van der Waals surface area contributed by atoms with E-state index >= 15 is 0 Å². The fraction of sp³-hybridized carbons (Fsp3) is 0.412. The second kappa shape index (κ2) is 25.0. The monoisotopic (exact) mass is 1040 g/mol. The van der Waals surface area contributed by atoms with E-state index in [1.54, 1.807) is 13.8 Å². The van der Waals surface area contributed by atoms with Crippen LogP contribution >= 0.6 is 23.2 Å². The molecule has 2 aliphatic heterocycles. The average Bonchev–Trinajstić information content (AvgIpc) is 4.20. The average molecular weight is 1040 g/mol. The summed E-state index contributed by atoms with van der Waals surface area (Å²) in [5.41, 5.74) is 2.73. The Labute approximate surface area is 433 Å². The van der Waals surface area contributed by atoms with E-state index in [0.717, 1.165) is 71.4 Å². The van der Waals surface area contributed by atoms with Crippen LogP contribution in [0.2, 0.25) is 10.0 Å². The highest BCUT2D eigenvalue weighted by molar-refractivity contribution is 6.31. The number of likely N-dealkylation sites (tertiary alicyclic amines) is 1. The number of hydrogen-bond acceptors (Lipinski definition) is 12. The number of carbonyl (C=O) groups is 6. The van der Waals surface area contributed by atoms with Gasteiger partial charge in [-0.05, 0) is 97.8 Å². The van der Waals surface area contributed by atoms with Gasteiger partial charge in [0.25, 0.3) is 5.69 Å². The second-order valence-electron chi connectivity index (χ2n) is 18.4. The van der Waals surface area contributed by atoms with E-state index in [2.05, 4.69) is 26.1 Å². The molecule has 2 unspecified atom stereocenters. The van der Waals surface area contributed by atoms with Crippen molar-refractivity contribution in [2.75, 3.05) is 36.8 Å². The Bertz CT molecular complexity index is 2760. The predicted molar refractivity (Wildman–Crippen MR) is 275 cm³/mol. The van der Waals surface area contributed by atoms with Crippen LogP contribution in [-0.4, -0.2) is 113 Å². The molecule has 2 aromatic heterocycles. The van der Waals surface area contributed by atoms with Crippen molar-refractivity contribution in [1.82, 2.24) is 39.6 Å². The molecule has 5 amide bonds. The first-order valence-electron chi connectivity index (χ1n) is 23.5. The number of ether oxygens (including phenoxy) is 1. The van der Waals surface area contributed by atoms with Gasteiger partial charge < -0.3 is 35.4 Å². The van der Waals surface area contributed by atoms with Gasteiger partial charge in [0.15, 0.2) is 0 Å². The van der Waals surface area contributed by atoms with Crippen molar-refractivity contribution in [2.45, 2.75) is 86.0 Å². The number of halogens is 2. The molecule has 3 aromatic carbocycles. The smallest absolute Gasteiger partial charge is 0.409 e. The van der Waals surface area contributed by atoms with E-state index in [-0.39, 0.29) is 54.6 Å². The van der Waals surface area contributed by atoms with Crippen LogP contribution in [-0.2, 0) is 32.3 Å². The highest BCUT2D eigenvalue weighted by Gasteiger charge is 2.45. The highest BCUT2D eigenvalue weighted by atomic mass is 35.5. The minimum Gasteiger partial charge on any atom is -0.409 e. The third kappa shape index (κ3) is 14.5. The SMILES string of the molecule is C.CC(=O)N(Cc1ccccc1Cl)C1C[C@H]2CNC[C@H]2C1.CC(=O)Nc1cnn(C(=O)N2C[C@H]3CC(N(Cc4ccccc4Cl)C(C)=O)C[C@H]3C2)c1.CC(=O)Nc1cnn(C(=O)Oc2ccc([N+](=O)[O-])cc2)c1. The molecule has 5 aromatic rings. The lowest BCUT2D eigenvalue weighted by Crippen LogP contribution is -2.39. The molecule has 6 atom stereocenters. The van der Waals surface area contributed by atoms with E-state index < -0.39 is 11.0 Å². The Morgan fingerprint density at radius 2 is 1.12 bits per heavy atom. The van der Waals surface area contributed by atoms with Crippen molar-refractivity contribution in [2.24, 2.45) is 23.7 Å². The summed E-state index contributed by atoms with van der Waals surface area (Å²) in [6, 6.07) is 20.8. The van der Waals surface area contributed by atoms with Crippen LogP contribution in [0, 0.1) is 33.8 Å². The van der Waals surface area contributed by atoms with Crippen LogP contribution in [0.5, 0.6) is 5.75 Å². The zero-order valence-corrected chi connectivity index (χ0v) is 41.8. The molecule has 3 N–H and O–H groups in total. The van der Waals surface area contributed by atoms with Crippen molar-refractivity contribution in [1.29, 1.82) is 0 Å². The molecule has 20 nitrogen and oxygen atoms in total. The quantitative estimate of drug-likeness (QED) is 0.0884. The van der Waals surface area contributed by atoms with Gasteiger partial charge in [-0.1, -0.05) is 67.0 Å². The molecule has 0 radical (unpaired) electrons. The minimum atomic E-state index is -0.805. The lowest BCUT2D eigenvalue weighted by Gasteiger charge is -2.30. The van der Waals surface area contributed by atoms with Crippen LogP contribution in [0.1, 0.15) is 71.9 Å². The van der Waals surface area contributed by atoms with Crippen molar-refractivity contribution < 1.29 is 38.4 Å². The third-order valence-corrected chi connectivity index (χ3v) is 14.1. The Balaban J connectivity index is 0.000000184. The summed E-state index contributed by atoms with van der Waals surface area (Å²) in [7, 11) is 0. The summed E-state index contributed by atoms with van der Waals surface area (Å²) >= 11 is 12.5. The second-order valence-corrected chi connectivity index (χ2v) is 19.3. The van der Waals surface area contributed by atoms with Gasteiger partial charge >= 0.3 is 12.1 Å². The van der Waals surface area contributed by atoms with Crippen LogP contribution in [0.15, 0.2) is 97.6 Å². The number of nitro benzene ring substituents is 1. The Morgan fingerprint density at radius 3 is 1.56 bits per heavy atom. The van der Waals surface area contributed by atoms with Crippen molar-refractivity contribution in [3.8, 4) is 5.75 Å². The summed E-state index contributed by atoms with van der Waals surface area (Å²) in [6.07, 6.45) is 8.76. The van der Waals surface area contributed by atoms with E-state index in [0.29, 0.717) is 60.5 Å². The summed E-state index contributed by atoms with van der Waals surface area (Å²) in [6.45, 7) is 10.7. The number of rotatable bonds is 10. The molecule has 22 heteroatoms. The van der Waals surface area contributed by atoms with E-state index in [4.69, 9.17) is 27.9 Å². The fourth-order valence-electron chi connectivity index (χ4n) is 10.00. The summed E-state index contributed by atoms with van der Waals surface area (Å²) in [5, 5.41) is 28.2. The zero-order chi connectivity index (χ0) is 51.6. The van der Waals surface area contributed by atoms with Gasteiger partial charge in [-0.3, -0.25) is 29.3 Å².